The molecule has 1 amide bonds. The van der Waals surface area contributed by atoms with Crippen molar-refractivity contribution in [3.05, 3.63) is 0 Å². The molecule has 12 heavy (non-hydrogen) atoms. The monoisotopic (exact) mass is 172 g/mol. The number of carbonyl (C=O) groups is 1. The van der Waals surface area contributed by atoms with Crippen LogP contribution in [0.1, 0.15) is 13.8 Å². The van der Waals surface area contributed by atoms with Crippen molar-refractivity contribution in [1.29, 1.82) is 0 Å². The quantitative estimate of drug-likeness (QED) is 0.657. The first-order valence-corrected chi connectivity index (χ1v) is 4.05. The zero-order valence-corrected chi connectivity index (χ0v) is 8.05. The summed E-state index contributed by atoms with van der Waals surface area (Å²) in [4.78, 5) is 12.9. The summed E-state index contributed by atoms with van der Waals surface area (Å²) in [5, 5.41) is 2.76. The number of rotatable bonds is 2. The van der Waals surface area contributed by atoms with Crippen LogP contribution in [-0.2, 0) is 4.74 Å². The molecule has 1 saturated heterocycles. The Hall–Kier alpha value is -0.770. The highest BCUT2D eigenvalue weighted by molar-refractivity contribution is 5.71. The maximum atomic E-state index is 10.9. The van der Waals surface area contributed by atoms with Gasteiger partial charge in [-0.25, -0.2) is 4.79 Å². The number of nitrogens with zero attached hydrogens (tertiary/aromatic N) is 1. The molecule has 0 spiro atoms. The van der Waals surface area contributed by atoms with E-state index >= 15 is 0 Å². The van der Waals surface area contributed by atoms with Crippen molar-refractivity contribution >= 4 is 6.09 Å². The predicted molar refractivity (Wildman–Crippen MR) is 46.0 cm³/mol. The Morgan fingerprint density at radius 2 is 2.17 bits per heavy atom. The number of cyclic esters (lactones) is 1. The van der Waals surface area contributed by atoms with Crippen LogP contribution in [0.5, 0.6) is 0 Å². The van der Waals surface area contributed by atoms with Crippen LogP contribution in [0.2, 0.25) is 0 Å². The molecule has 1 aliphatic heterocycles. The topological polar surface area (TPSA) is 41.6 Å². The molecule has 4 heteroatoms. The smallest absolute Gasteiger partial charge is 0.408 e. The number of amides is 1. The lowest BCUT2D eigenvalue weighted by Crippen LogP contribution is -2.46. The summed E-state index contributed by atoms with van der Waals surface area (Å²) in [6.07, 6.45) is -0.369. The number of nitrogens with one attached hydrogen (secondary N) is 1. The third kappa shape index (κ3) is 1.88. The highest BCUT2D eigenvalue weighted by Gasteiger charge is 2.40. The minimum absolute atomic E-state index is 0.0556. The molecule has 1 unspecified atom stereocenters. The van der Waals surface area contributed by atoms with E-state index in [4.69, 9.17) is 4.74 Å². The summed E-state index contributed by atoms with van der Waals surface area (Å²) in [5.74, 6) is 0. The SMILES string of the molecule is CN(C)CC1OC(=O)NC1(C)C. The lowest BCUT2D eigenvalue weighted by molar-refractivity contribution is 0.0949. The third-order valence-corrected chi connectivity index (χ3v) is 2.01. The van der Waals surface area contributed by atoms with Crippen molar-refractivity contribution in [3.8, 4) is 0 Å². The van der Waals surface area contributed by atoms with Crippen LogP contribution in [0.4, 0.5) is 4.79 Å². The molecule has 1 rings (SSSR count). The zero-order valence-electron chi connectivity index (χ0n) is 8.05. The number of hydrogen-bond donors (Lipinski definition) is 1. The second-order valence-corrected chi connectivity index (χ2v) is 4.00. The molecule has 0 aromatic heterocycles. The number of ether oxygens (including phenoxy) is 1. The average Bonchev–Trinajstić information content (AvgIpc) is 2.04. The van der Waals surface area contributed by atoms with Gasteiger partial charge in [0.05, 0.1) is 5.54 Å². The lowest BCUT2D eigenvalue weighted by atomic mass is 9.98. The van der Waals surface area contributed by atoms with Gasteiger partial charge in [0.1, 0.15) is 6.10 Å². The molecule has 1 fully saturated rings. The van der Waals surface area contributed by atoms with Crippen molar-refractivity contribution in [1.82, 2.24) is 10.2 Å². The van der Waals surface area contributed by atoms with Gasteiger partial charge in [-0.1, -0.05) is 0 Å². The zero-order chi connectivity index (χ0) is 9.35. The Bertz CT molecular complexity index is 189. The first-order chi connectivity index (χ1) is 5.42. The molecule has 4 nitrogen and oxygen atoms in total. The van der Waals surface area contributed by atoms with E-state index in [1.54, 1.807) is 0 Å². The molecule has 1 aliphatic rings. The minimum atomic E-state index is -0.313. The Kier molecular flexibility index (Phi) is 2.28. The highest BCUT2D eigenvalue weighted by Crippen LogP contribution is 2.19. The van der Waals surface area contributed by atoms with Gasteiger partial charge < -0.3 is 15.0 Å². The normalized spacial score (nSPS) is 27.1. The maximum absolute atomic E-state index is 10.9. The van der Waals surface area contributed by atoms with Crippen LogP contribution < -0.4 is 5.32 Å². The first kappa shape index (κ1) is 9.32. The van der Waals surface area contributed by atoms with Crippen LogP contribution in [0.3, 0.4) is 0 Å². The molecule has 0 aromatic carbocycles. The number of likely N-dealkylation sites (N-methyl/N-ethyl adjacent to an activating group) is 1. The van der Waals surface area contributed by atoms with Crippen LogP contribution in [-0.4, -0.2) is 43.3 Å². The summed E-state index contributed by atoms with van der Waals surface area (Å²) >= 11 is 0. The molecular weight excluding hydrogens is 156 g/mol. The number of carbonyl (C=O) groups excluding carboxylic acids is 1. The van der Waals surface area contributed by atoms with Crippen LogP contribution >= 0.6 is 0 Å². The van der Waals surface area contributed by atoms with Gasteiger partial charge in [0, 0.05) is 6.54 Å². The predicted octanol–water partition coefficient (Wildman–Crippen LogP) is 0.435. The summed E-state index contributed by atoms with van der Waals surface area (Å²) in [6, 6.07) is 0. The number of hydrogen-bond acceptors (Lipinski definition) is 3. The summed E-state index contributed by atoms with van der Waals surface area (Å²) in [6.45, 7) is 4.68. The van der Waals surface area contributed by atoms with E-state index in [2.05, 4.69) is 5.32 Å². The van der Waals surface area contributed by atoms with Gasteiger partial charge in [0.25, 0.3) is 0 Å². The molecule has 1 atom stereocenters. The fourth-order valence-corrected chi connectivity index (χ4v) is 1.25. The van der Waals surface area contributed by atoms with Crippen molar-refractivity contribution < 1.29 is 9.53 Å². The van der Waals surface area contributed by atoms with Crippen molar-refractivity contribution in [2.24, 2.45) is 0 Å². The van der Waals surface area contributed by atoms with Crippen molar-refractivity contribution in [2.75, 3.05) is 20.6 Å². The van der Waals surface area contributed by atoms with Gasteiger partial charge in [-0.15, -0.1) is 0 Å². The second-order valence-electron chi connectivity index (χ2n) is 4.00. The molecule has 0 saturated carbocycles. The van der Waals surface area contributed by atoms with Crippen LogP contribution in [0, 0.1) is 0 Å². The van der Waals surface area contributed by atoms with E-state index in [1.807, 2.05) is 32.8 Å². The molecule has 0 radical (unpaired) electrons. The van der Waals surface area contributed by atoms with Gasteiger partial charge in [-0.05, 0) is 27.9 Å². The number of alkyl carbamates (subject to hydrolysis) is 1. The Morgan fingerprint density at radius 1 is 1.58 bits per heavy atom. The van der Waals surface area contributed by atoms with Crippen LogP contribution in [0.25, 0.3) is 0 Å². The Morgan fingerprint density at radius 3 is 2.50 bits per heavy atom. The van der Waals surface area contributed by atoms with Gasteiger partial charge in [0.15, 0.2) is 0 Å². The fourth-order valence-electron chi connectivity index (χ4n) is 1.25. The average molecular weight is 172 g/mol. The Labute approximate surface area is 72.9 Å². The largest absolute Gasteiger partial charge is 0.442 e. The summed E-state index contributed by atoms with van der Waals surface area (Å²) in [5.41, 5.74) is -0.249. The molecule has 0 bridgehead atoms. The summed E-state index contributed by atoms with van der Waals surface area (Å²) in [7, 11) is 3.92. The van der Waals surface area contributed by atoms with Gasteiger partial charge >= 0.3 is 6.09 Å². The molecular formula is C8H16N2O2. The summed E-state index contributed by atoms with van der Waals surface area (Å²) < 4.78 is 5.10. The van der Waals surface area contributed by atoms with Gasteiger partial charge in [-0.3, -0.25) is 0 Å². The molecule has 1 heterocycles. The lowest BCUT2D eigenvalue weighted by Gasteiger charge is -2.25. The van der Waals surface area contributed by atoms with E-state index in [1.165, 1.54) is 0 Å². The molecule has 0 aromatic rings. The van der Waals surface area contributed by atoms with Gasteiger partial charge in [0.2, 0.25) is 0 Å². The molecule has 1 N–H and O–H groups in total. The third-order valence-electron chi connectivity index (χ3n) is 2.01. The van der Waals surface area contributed by atoms with E-state index in [-0.39, 0.29) is 17.7 Å². The molecule has 70 valence electrons. The van der Waals surface area contributed by atoms with Crippen LogP contribution in [0.15, 0.2) is 0 Å². The maximum Gasteiger partial charge on any atom is 0.408 e. The van der Waals surface area contributed by atoms with Crippen molar-refractivity contribution in [2.45, 2.75) is 25.5 Å². The fraction of sp³-hybridized carbons (Fsp3) is 0.875. The van der Waals surface area contributed by atoms with E-state index in [0.29, 0.717) is 0 Å². The van der Waals surface area contributed by atoms with Gasteiger partial charge in [-0.2, -0.15) is 0 Å². The second kappa shape index (κ2) is 2.94. The van der Waals surface area contributed by atoms with Crippen molar-refractivity contribution in [3.63, 3.8) is 0 Å². The Balaban J connectivity index is 2.59. The minimum Gasteiger partial charge on any atom is -0.442 e. The van der Waals surface area contributed by atoms with E-state index in [9.17, 15) is 4.79 Å². The van der Waals surface area contributed by atoms with E-state index < -0.39 is 0 Å². The highest BCUT2D eigenvalue weighted by atomic mass is 16.6. The van der Waals surface area contributed by atoms with E-state index in [0.717, 1.165) is 6.54 Å². The molecule has 0 aliphatic carbocycles. The first-order valence-electron chi connectivity index (χ1n) is 4.05. The standard InChI is InChI=1S/C8H16N2O2/c1-8(2)6(5-10(3)4)12-7(11)9-8/h6H,5H2,1-4H3,(H,9,11).